The van der Waals surface area contributed by atoms with Crippen LogP contribution in [0.5, 0.6) is 0 Å². The van der Waals surface area contributed by atoms with Gasteiger partial charge in [-0.05, 0) is 125 Å². The number of amides is 5. The van der Waals surface area contributed by atoms with Crippen molar-refractivity contribution in [1.29, 1.82) is 0 Å². The number of benzene rings is 3. The Hall–Kier alpha value is -6.72. The first kappa shape index (κ1) is 49.7. The number of fused-ring (bicyclic) bond motifs is 2. The molecule has 0 radical (unpaired) electrons. The number of carbonyl (C=O) groups excluding carboxylic acids is 5. The van der Waals surface area contributed by atoms with Crippen molar-refractivity contribution >= 4 is 63.3 Å². The maximum atomic E-state index is 16.6. The van der Waals surface area contributed by atoms with Gasteiger partial charge in [0.05, 0.1) is 66.1 Å². The summed E-state index contributed by atoms with van der Waals surface area (Å²) in [6.45, 7) is 15.7. The van der Waals surface area contributed by atoms with Gasteiger partial charge in [-0.25, -0.2) is 23.9 Å². The van der Waals surface area contributed by atoms with Gasteiger partial charge < -0.3 is 49.7 Å². The zero-order valence-corrected chi connectivity index (χ0v) is 41.9. The normalized spacial score (nSPS) is 20.4. The van der Waals surface area contributed by atoms with E-state index in [1.54, 1.807) is 15.9 Å². The third-order valence-electron chi connectivity index (χ3n) is 14.1. The van der Waals surface area contributed by atoms with Gasteiger partial charge in [0.25, 0.3) is 0 Å². The second-order valence-corrected chi connectivity index (χ2v) is 20.6. The molecular formula is C52H67FN10O7. The molecule has 0 spiro atoms. The number of rotatable bonds is 12. The number of anilines is 2. The number of aromatic nitrogens is 4. The van der Waals surface area contributed by atoms with Crippen molar-refractivity contribution in [3.63, 3.8) is 0 Å². The van der Waals surface area contributed by atoms with Crippen molar-refractivity contribution < 1.29 is 37.8 Å². The fourth-order valence-electron chi connectivity index (χ4n) is 10.9. The van der Waals surface area contributed by atoms with Gasteiger partial charge in [-0.2, -0.15) is 0 Å². The van der Waals surface area contributed by atoms with Crippen LogP contribution in [-0.2, 0) is 23.9 Å². The van der Waals surface area contributed by atoms with Crippen LogP contribution in [0.2, 0.25) is 0 Å². The van der Waals surface area contributed by atoms with Crippen LogP contribution in [0.25, 0.3) is 22.1 Å². The number of H-pyrrole nitrogens is 2. The lowest BCUT2D eigenvalue weighted by Crippen LogP contribution is -2.51. The lowest BCUT2D eigenvalue weighted by molar-refractivity contribution is -0.136. The summed E-state index contributed by atoms with van der Waals surface area (Å²) in [5.41, 5.74) is 5.27. The summed E-state index contributed by atoms with van der Waals surface area (Å²) in [5.74, 6) is -0.144. The maximum Gasteiger partial charge on any atom is 0.407 e. The van der Waals surface area contributed by atoms with E-state index in [1.165, 1.54) is 32.1 Å². The highest BCUT2D eigenvalue weighted by molar-refractivity contribution is 5.93. The number of likely N-dealkylation sites (tertiary alicyclic amines) is 2. The van der Waals surface area contributed by atoms with E-state index < -0.39 is 35.6 Å². The number of alkyl carbamates (subject to hydrolysis) is 2. The summed E-state index contributed by atoms with van der Waals surface area (Å²) in [4.78, 5) is 89.6. The van der Waals surface area contributed by atoms with E-state index in [1.807, 2.05) is 66.7 Å². The Balaban J connectivity index is 1.13. The molecule has 17 nitrogen and oxygen atoms in total. The number of carbonyl (C=O) groups is 5. The largest absolute Gasteiger partial charge is 0.453 e. The minimum Gasteiger partial charge on any atom is -0.453 e. The summed E-state index contributed by atoms with van der Waals surface area (Å²) >= 11 is 0. The van der Waals surface area contributed by atoms with Crippen LogP contribution in [-0.4, -0.2) is 105 Å². The Morgan fingerprint density at radius 2 is 1.20 bits per heavy atom. The number of hydrogen-bond acceptors (Lipinski definition) is 10. The van der Waals surface area contributed by atoms with E-state index in [4.69, 9.17) is 19.4 Å². The molecule has 374 valence electrons. The molecule has 2 aromatic heterocycles. The van der Waals surface area contributed by atoms with Crippen molar-refractivity contribution in [3.8, 4) is 0 Å². The van der Waals surface area contributed by atoms with Gasteiger partial charge in [-0.15, -0.1) is 0 Å². The number of nitrogens with zero attached hydrogens (tertiary/aromatic N) is 6. The van der Waals surface area contributed by atoms with Crippen LogP contribution in [0, 0.1) is 17.7 Å². The second kappa shape index (κ2) is 19.9. The fourth-order valence-corrected chi connectivity index (χ4v) is 10.9. The summed E-state index contributed by atoms with van der Waals surface area (Å²) in [6, 6.07) is 14.8. The first-order valence-electron chi connectivity index (χ1n) is 24.5. The van der Waals surface area contributed by atoms with Gasteiger partial charge in [0.1, 0.15) is 29.5 Å². The van der Waals surface area contributed by atoms with Crippen LogP contribution >= 0.6 is 0 Å². The first-order valence-corrected chi connectivity index (χ1v) is 24.5. The summed E-state index contributed by atoms with van der Waals surface area (Å²) in [5, 5.41) is 5.43. The van der Waals surface area contributed by atoms with Crippen LogP contribution < -0.4 is 20.4 Å². The average molecular weight is 963 g/mol. The van der Waals surface area contributed by atoms with Gasteiger partial charge in [0.2, 0.25) is 17.7 Å². The number of ether oxygens (including phenoxy) is 2. The highest BCUT2D eigenvalue weighted by Gasteiger charge is 2.41. The molecule has 3 aromatic carbocycles. The lowest BCUT2D eigenvalue weighted by Gasteiger charge is -2.36. The number of nitrogens with one attached hydrogen (secondary N) is 4. The number of hydrogen-bond donors (Lipinski definition) is 4. The quantitative estimate of drug-likeness (QED) is 0.0937. The zero-order chi connectivity index (χ0) is 50.3. The van der Waals surface area contributed by atoms with Crippen molar-refractivity contribution in [3.05, 3.63) is 83.2 Å². The topological polar surface area (TPSA) is 198 Å². The smallest absolute Gasteiger partial charge is 0.407 e. The van der Waals surface area contributed by atoms with Crippen LogP contribution in [0.3, 0.4) is 0 Å². The van der Waals surface area contributed by atoms with E-state index in [9.17, 15) is 24.0 Å². The molecule has 3 aliphatic heterocycles. The second-order valence-electron chi connectivity index (χ2n) is 20.6. The predicted molar refractivity (Wildman–Crippen MR) is 264 cm³/mol. The van der Waals surface area contributed by atoms with E-state index >= 15 is 4.39 Å². The van der Waals surface area contributed by atoms with Gasteiger partial charge >= 0.3 is 12.2 Å². The predicted octanol–water partition coefficient (Wildman–Crippen LogP) is 8.90. The third-order valence-corrected chi connectivity index (χ3v) is 14.1. The Bertz CT molecular complexity index is 2640. The van der Waals surface area contributed by atoms with Crippen LogP contribution in [0.4, 0.5) is 25.4 Å². The van der Waals surface area contributed by atoms with Gasteiger partial charge in [-0.3, -0.25) is 14.4 Å². The van der Waals surface area contributed by atoms with Crippen molar-refractivity contribution in [2.75, 3.05) is 37.1 Å². The maximum absolute atomic E-state index is 16.6. The lowest BCUT2D eigenvalue weighted by atomic mass is 10.0. The first-order chi connectivity index (χ1) is 33.3. The number of halogens is 1. The van der Waals surface area contributed by atoms with Gasteiger partial charge in [0.15, 0.2) is 0 Å². The van der Waals surface area contributed by atoms with Crippen LogP contribution in [0.15, 0.2) is 54.6 Å². The van der Waals surface area contributed by atoms with Crippen molar-refractivity contribution in [1.82, 2.24) is 40.4 Å². The molecule has 0 saturated carbocycles. The molecule has 5 heterocycles. The number of aromatic amines is 2. The average Bonchev–Trinajstić information content (AvgIpc) is 4.17. The van der Waals surface area contributed by atoms with Crippen molar-refractivity contribution in [2.45, 2.75) is 136 Å². The molecule has 8 rings (SSSR count). The molecule has 70 heavy (non-hydrogen) atoms. The standard InChI is InChI=1S/C52H67FN10O7/c1-28(2)44(58-50(67)69-9)48(65)60-23-11-13-42(60)46-54-35-18-15-31(25-37(35)56-46)39-21-22-40(62(39)33-17-20-41(34(53)27-33)63(30(5)64)52(6,7)8)32-16-19-36-38(26-32)57-47(55-36)43-14-12-24-61(43)49(66)45(29(3)4)59-51(68)70-10/h15-20,25-29,39-40,42-45H,11-14,21-24H2,1-10H3,(H,54,56)(H,55,57)(H,58,67)(H,59,68)/t39-,40-,42+,43+,44+,45+/m1/s1. The summed E-state index contributed by atoms with van der Waals surface area (Å²) in [7, 11) is 2.55. The highest BCUT2D eigenvalue weighted by atomic mass is 19.1. The van der Waals surface area contributed by atoms with E-state index in [-0.39, 0.29) is 59.4 Å². The molecule has 5 amide bonds. The molecule has 4 N–H and O–H groups in total. The van der Waals surface area contributed by atoms with E-state index in [2.05, 4.69) is 49.8 Å². The highest BCUT2D eigenvalue weighted by Crippen LogP contribution is 2.49. The van der Waals surface area contributed by atoms with Crippen molar-refractivity contribution in [2.24, 2.45) is 11.8 Å². The molecule has 18 heteroatoms. The zero-order valence-electron chi connectivity index (χ0n) is 41.9. The molecule has 0 unspecified atom stereocenters. The van der Waals surface area contributed by atoms with Crippen LogP contribution in [0.1, 0.15) is 141 Å². The Morgan fingerprint density at radius 1 is 0.686 bits per heavy atom. The van der Waals surface area contributed by atoms with Gasteiger partial charge in [0, 0.05) is 31.2 Å². The molecule has 3 aliphatic rings. The summed E-state index contributed by atoms with van der Waals surface area (Å²) in [6.07, 6.45) is 3.14. The molecule has 6 atom stereocenters. The molecule has 3 saturated heterocycles. The SMILES string of the molecule is COC(=O)N[C@H](C(=O)N1CCC[C@H]1c1nc2cc([C@H]3CC[C@H](c4ccc5nc([C@@H]6CCCN6C(=O)[C@@H](NC(=O)OC)C(C)C)[nH]c5c4)N3c3ccc(N(C(C)=O)C(C)(C)C)c(F)c3)ccc2[nH]1)C(C)C. The molecule has 5 aromatic rings. The fraction of sp³-hybridized carbons (Fsp3) is 0.519. The van der Waals surface area contributed by atoms with E-state index in [0.717, 1.165) is 58.9 Å². The van der Waals surface area contributed by atoms with Gasteiger partial charge in [-0.1, -0.05) is 39.8 Å². The molecular weight excluding hydrogens is 896 g/mol. The molecule has 3 fully saturated rings. The van der Waals surface area contributed by atoms with E-state index in [0.29, 0.717) is 43.3 Å². The molecule has 0 bridgehead atoms. The number of methoxy groups -OCH3 is 2. The summed E-state index contributed by atoms with van der Waals surface area (Å²) < 4.78 is 26.2. The number of imidazole rings is 2. The minimum absolute atomic E-state index is 0.165. The third kappa shape index (κ3) is 9.73. The Morgan fingerprint density at radius 3 is 1.70 bits per heavy atom. The molecule has 0 aliphatic carbocycles. The Kier molecular flexibility index (Phi) is 14.2. The monoisotopic (exact) mass is 963 g/mol. The Labute approximate surface area is 408 Å². The minimum atomic E-state index is -0.756.